The Morgan fingerprint density at radius 2 is 2.21 bits per heavy atom. The fourth-order valence-electron chi connectivity index (χ4n) is 1.28. The first-order chi connectivity index (χ1) is 6.70. The Labute approximate surface area is 82.1 Å². The smallest absolute Gasteiger partial charge is 0.173 e. The van der Waals surface area contributed by atoms with Gasteiger partial charge in [-0.1, -0.05) is 0 Å². The van der Waals surface area contributed by atoms with Crippen LogP contribution in [-0.4, -0.2) is 9.97 Å². The van der Waals surface area contributed by atoms with Crippen molar-refractivity contribution in [3.63, 3.8) is 0 Å². The maximum Gasteiger partial charge on any atom is 0.173 e. The summed E-state index contributed by atoms with van der Waals surface area (Å²) in [6.07, 6.45) is 0. The number of aryl methyl sites for hydroxylation is 2. The Balaban J connectivity index is 2.39. The van der Waals surface area contributed by atoms with Crippen LogP contribution in [0.25, 0.3) is 11.6 Å². The molecule has 0 saturated carbocycles. The van der Waals surface area contributed by atoms with Crippen molar-refractivity contribution in [2.24, 2.45) is 5.73 Å². The second-order valence-electron chi connectivity index (χ2n) is 3.27. The maximum atomic E-state index is 5.47. The zero-order valence-corrected chi connectivity index (χ0v) is 8.29. The van der Waals surface area contributed by atoms with E-state index < -0.39 is 0 Å². The van der Waals surface area contributed by atoms with Crippen LogP contribution >= 0.6 is 0 Å². The average molecular weight is 191 g/mol. The molecule has 0 aliphatic rings. The average Bonchev–Trinajstić information content (AvgIpc) is 2.74. The van der Waals surface area contributed by atoms with Crippen molar-refractivity contribution in [1.82, 2.24) is 9.97 Å². The minimum absolute atomic E-state index is 0.415. The summed E-state index contributed by atoms with van der Waals surface area (Å²) in [5.41, 5.74) is 7.50. The SMILES string of the molecule is Cc1nc(-c2ccc(CN)o2)[nH]c1C. The Morgan fingerprint density at radius 3 is 2.71 bits per heavy atom. The molecule has 4 nitrogen and oxygen atoms in total. The number of furan rings is 1. The number of imidazole rings is 1. The number of nitrogens with zero attached hydrogens (tertiary/aromatic N) is 1. The van der Waals surface area contributed by atoms with Gasteiger partial charge in [-0.15, -0.1) is 0 Å². The molecule has 3 N–H and O–H groups in total. The molecule has 0 spiro atoms. The lowest BCUT2D eigenvalue weighted by molar-refractivity contribution is 0.522. The number of aromatic amines is 1. The molecule has 0 radical (unpaired) electrons. The summed E-state index contributed by atoms with van der Waals surface area (Å²) in [5, 5.41) is 0. The predicted molar refractivity (Wildman–Crippen MR) is 53.7 cm³/mol. The van der Waals surface area contributed by atoms with Crippen LogP contribution in [0.1, 0.15) is 17.1 Å². The van der Waals surface area contributed by atoms with Gasteiger partial charge in [0.1, 0.15) is 5.76 Å². The van der Waals surface area contributed by atoms with Gasteiger partial charge in [0, 0.05) is 5.69 Å². The van der Waals surface area contributed by atoms with Crippen LogP contribution < -0.4 is 5.73 Å². The monoisotopic (exact) mass is 191 g/mol. The van der Waals surface area contributed by atoms with E-state index in [9.17, 15) is 0 Å². The Morgan fingerprint density at radius 1 is 1.43 bits per heavy atom. The normalized spacial score (nSPS) is 10.8. The maximum absolute atomic E-state index is 5.47. The van der Waals surface area contributed by atoms with E-state index in [2.05, 4.69) is 9.97 Å². The summed E-state index contributed by atoms with van der Waals surface area (Å²) in [7, 11) is 0. The fraction of sp³-hybridized carbons (Fsp3) is 0.300. The molecule has 14 heavy (non-hydrogen) atoms. The molecule has 0 bridgehead atoms. The largest absolute Gasteiger partial charge is 0.456 e. The second-order valence-corrected chi connectivity index (χ2v) is 3.27. The molecule has 0 aliphatic heterocycles. The summed E-state index contributed by atoms with van der Waals surface area (Å²) in [6, 6.07) is 3.74. The lowest BCUT2D eigenvalue weighted by atomic mass is 10.4. The molecule has 0 atom stereocenters. The molecule has 0 aromatic carbocycles. The van der Waals surface area contributed by atoms with Gasteiger partial charge >= 0.3 is 0 Å². The first kappa shape index (κ1) is 9.02. The lowest BCUT2D eigenvalue weighted by Crippen LogP contribution is -1.92. The Hall–Kier alpha value is -1.55. The summed E-state index contributed by atoms with van der Waals surface area (Å²) in [5.74, 6) is 2.27. The van der Waals surface area contributed by atoms with Crippen molar-refractivity contribution in [2.45, 2.75) is 20.4 Å². The zero-order valence-electron chi connectivity index (χ0n) is 8.29. The highest BCUT2D eigenvalue weighted by Gasteiger charge is 2.08. The summed E-state index contributed by atoms with van der Waals surface area (Å²) >= 11 is 0. The highest BCUT2D eigenvalue weighted by atomic mass is 16.3. The third kappa shape index (κ3) is 1.44. The molecule has 0 saturated heterocycles. The van der Waals surface area contributed by atoms with Gasteiger partial charge < -0.3 is 15.1 Å². The van der Waals surface area contributed by atoms with Gasteiger partial charge in [-0.3, -0.25) is 0 Å². The quantitative estimate of drug-likeness (QED) is 0.759. The molecule has 0 aliphatic carbocycles. The molecular weight excluding hydrogens is 178 g/mol. The van der Waals surface area contributed by atoms with Crippen molar-refractivity contribution in [1.29, 1.82) is 0 Å². The second kappa shape index (κ2) is 3.31. The molecule has 0 unspecified atom stereocenters. The van der Waals surface area contributed by atoms with E-state index in [0.29, 0.717) is 6.54 Å². The molecule has 2 aromatic heterocycles. The summed E-state index contributed by atoms with van der Waals surface area (Å²) in [6.45, 7) is 4.36. The van der Waals surface area contributed by atoms with Crippen LogP contribution in [0.2, 0.25) is 0 Å². The molecule has 4 heteroatoms. The van der Waals surface area contributed by atoms with E-state index in [1.165, 1.54) is 0 Å². The Bertz CT molecular complexity index is 422. The molecule has 74 valence electrons. The fourth-order valence-corrected chi connectivity index (χ4v) is 1.28. The van der Waals surface area contributed by atoms with E-state index in [1.807, 2.05) is 26.0 Å². The highest BCUT2D eigenvalue weighted by molar-refractivity contribution is 5.48. The van der Waals surface area contributed by atoms with Crippen LogP contribution in [-0.2, 0) is 6.54 Å². The minimum Gasteiger partial charge on any atom is -0.456 e. The zero-order chi connectivity index (χ0) is 10.1. The number of hydrogen-bond acceptors (Lipinski definition) is 3. The lowest BCUT2D eigenvalue weighted by Gasteiger charge is -1.90. The number of aromatic nitrogens is 2. The van der Waals surface area contributed by atoms with Gasteiger partial charge in [0.2, 0.25) is 0 Å². The molecule has 2 aromatic rings. The van der Waals surface area contributed by atoms with Crippen LogP contribution in [0.4, 0.5) is 0 Å². The van der Waals surface area contributed by atoms with Gasteiger partial charge in [-0.05, 0) is 26.0 Å². The van der Waals surface area contributed by atoms with Gasteiger partial charge in [-0.25, -0.2) is 4.98 Å². The van der Waals surface area contributed by atoms with E-state index in [-0.39, 0.29) is 0 Å². The number of nitrogens with two attached hydrogens (primary N) is 1. The van der Waals surface area contributed by atoms with Crippen molar-refractivity contribution in [2.75, 3.05) is 0 Å². The summed E-state index contributed by atoms with van der Waals surface area (Å²) in [4.78, 5) is 7.49. The van der Waals surface area contributed by atoms with Crippen LogP contribution in [0.15, 0.2) is 16.5 Å². The summed E-state index contributed by atoms with van der Waals surface area (Å²) < 4.78 is 5.47. The number of rotatable bonds is 2. The van der Waals surface area contributed by atoms with E-state index in [1.54, 1.807) is 0 Å². The van der Waals surface area contributed by atoms with E-state index in [4.69, 9.17) is 10.2 Å². The van der Waals surface area contributed by atoms with E-state index in [0.717, 1.165) is 28.7 Å². The van der Waals surface area contributed by atoms with Crippen LogP contribution in [0.3, 0.4) is 0 Å². The van der Waals surface area contributed by atoms with Gasteiger partial charge in [0.05, 0.1) is 12.2 Å². The van der Waals surface area contributed by atoms with Crippen molar-refractivity contribution in [3.05, 3.63) is 29.3 Å². The van der Waals surface area contributed by atoms with Crippen molar-refractivity contribution >= 4 is 0 Å². The van der Waals surface area contributed by atoms with E-state index >= 15 is 0 Å². The third-order valence-electron chi connectivity index (χ3n) is 2.22. The van der Waals surface area contributed by atoms with Gasteiger partial charge in [-0.2, -0.15) is 0 Å². The number of hydrogen-bond donors (Lipinski definition) is 2. The first-order valence-corrected chi connectivity index (χ1v) is 4.53. The van der Waals surface area contributed by atoms with Gasteiger partial charge in [0.25, 0.3) is 0 Å². The molecular formula is C10H13N3O. The van der Waals surface area contributed by atoms with Crippen molar-refractivity contribution < 1.29 is 4.42 Å². The van der Waals surface area contributed by atoms with Crippen LogP contribution in [0.5, 0.6) is 0 Å². The predicted octanol–water partition coefficient (Wildman–Crippen LogP) is 1.75. The molecule has 2 rings (SSSR count). The Kier molecular flexibility index (Phi) is 2.13. The number of H-pyrrole nitrogens is 1. The highest BCUT2D eigenvalue weighted by Crippen LogP contribution is 2.20. The third-order valence-corrected chi connectivity index (χ3v) is 2.22. The minimum atomic E-state index is 0.415. The number of nitrogens with one attached hydrogen (secondary N) is 1. The standard InChI is InChI=1S/C10H13N3O/c1-6-7(2)13-10(12-6)9-4-3-8(5-11)14-9/h3-4H,5,11H2,1-2H3,(H,12,13). The topological polar surface area (TPSA) is 67.8 Å². The molecule has 0 amide bonds. The molecule has 2 heterocycles. The van der Waals surface area contributed by atoms with Gasteiger partial charge in [0.15, 0.2) is 11.6 Å². The molecule has 0 fully saturated rings. The van der Waals surface area contributed by atoms with Crippen LogP contribution in [0, 0.1) is 13.8 Å². The van der Waals surface area contributed by atoms with Crippen molar-refractivity contribution in [3.8, 4) is 11.6 Å². The first-order valence-electron chi connectivity index (χ1n) is 4.53.